The van der Waals surface area contributed by atoms with Crippen LogP contribution in [-0.2, 0) is 11.2 Å². The summed E-state index contributed by atoms with van der Waals surface area (Å²) in [6.45, 7) is 0.772. The molecule has 3 rings (SSSR count). The first-order valence-corrected chi connectivity index (χ1v) is 7.94. The first-order chi connectivity index (χ1) is 10.8. The van der Waals surface area contributed by atoms with Gasteiger partial charge in [-0.25, -0.2) is 0 Å². The molecule has 1 aliphatic carbocycles. The molecule has 112 valence electrons. The van der Waals surface area contributed by atoms with Gasteiger partial charge in [0.15, 0.2) is 0 Å². The summed E-state index contributed by atoms with van der Waals surface area (Å²) >= 11 is 0. The summed E-state index contributed by atoms with van der Waals surface area (Å²) in [6, 6.07) is 20.7. The first kappa shape index (κ1) is 14.7. The van der Waals surface area contributed by atoms with E-state index in [-0.39, 0.29) is 0 Å². The lowest BCUT2D eigenvalue weighted by molar-refractivity contribution is -0.118. The van der Waals surface area contributed by atoms with Gasteiger partial charge in [-0.05, 0) is 29.9 Å². The SMILES string of the molecule is O=C1CC(=NCCc2ccccc2)C[C@H](c2ccccc2)C1. The third-order valence-corrected chi connectivity index (χ3v) is 4.21. The molecule has 0 heterocycles. The Morgan fingerprint density at radius 3 is 2.32 bits per heavy atom. The summed E-state index contributed by atoms with van der Waals surface area (Å²) in [4.78, 5) is 16.7. The largest absolute Gasteiger partial charge is 0.299 e. The molecule has 0 amide bonds. The van der Waals surface area contributed by atoms with Gasteiger partial charge in [0.05, 0.1) is 0 Å². The van der Waals surface area contributed by atoms with E-state index in [1.54, 1.807) is 0 Å². The molecule has 1 aliphatic rings. The van der Waals surface area contributed by atoms with Gasteiger partial charge in [0.1, 0.15) is 5.78 Å². The number of aliphatic imine (C=N–C) groups is 1. The van der Waals surface area contributed by atoms with E-state index in [0.29, 0.717) is 24.5 Å². The molecule has 1 saturated carbocycles. The van der Waals surface area contributed by atoms with Crippen molar-refractivity contribution in [1.29, 1.82) is 0 Å². The number of benzene rings is 2. The van der Waals surface area contributed by atoms with Crippen molar-refractivity contribution in [2.45, 2.75) is 31.6 Å². The van der Waals surface area contributed by atoms with Crippen molar-refractivity contribution in [3.8, 4) is 0 Å². The van der Waals surface area contributed by atoms with Crippen LogP contribution in [0.2, 0.25) is 0 Å². The van der Waals surface area contributed by atoms with E-state index < -0.39 is 0 Å². The molecule has 0 radical (unpaired) electrons. The monoisotopic (exact) mass is 291 g/mol. The molecule has 0 aromatic heterocycles. The fourth-order valence-electron chi connectivity index (χ4n) is 3.07. The van der Waals surface area contributed by atoms with Crippen molar-refractivity contribution >= 4 is 11.5 Å². The molecular weight excluding hydrogens is 270 g/mol. The molecule has 2 aromatic rings. The van der Waals surface area contributed by atoms with Crippen LogP contribution in [0, 0.1) is 0 Å². The Kier molecular flexibility index (Phi) is 4.79. The van der Waals surface area contributed by atoms with Gasteiger partial charge < -0.3 is 0 Å². The fourth-order valence-corrected chi connectivity index (χ4v) is 3.07. The minimum Gasteiger partial charge on any atom is -0.299 e. The third-order valence-electron chi connectivity index (χ3n) is 4.21. The molecule has 0 spiro atoms. The lowest BCUT2D eigenvalue weighted by Crippen LogP contribution is -2.22. The highest BCUT2D eigenvalue weighted by Gasteiger charge is 2.24. The third kappa shape index (κ3) is 3.91. The summed E-state index contributed by atoms with van der Waals surface area (Å²) in [5.74, 6) is 0.622. The Bertz CT molecular complexity index is 646. The Balaban J connectivity index is 1.63. The molecule has 0 unspecified atom stereocenters. The smallest absolute Gasteiger partial charge is 0.139 e. The predicted octanol–water partition coefficient (Wildman–Crippen LogP) is 4.21. The molecule has 1 atom stereocenters. The van der Waals surface area contributed by atoms with E-state index in [2.05, 4.69) is 36.4 Å². The van der Waals surface area contributed by atoms with Crippen molar-refractivity contribution in [3.05, 3.63) is 71.8 Å². The highest BCUT2D eigenvalue weighted by Crippen LogP contribution is 2.29. The minimum absolute atomic E-state index is 0.304. The normalized spacial score (nSPS) is 20.3. The molecular formula is C20H21NO. The summed E-state index contributed by atoms with van der Waals surface area (Å²) in [7, 11) is 0. The Hall–Kier alpha value is -2.22. The zero-order valence-electron chi connectivity index (χ0n) is 12.7. The number of hydrogen-bond acceptors (Lipinski definition) is 2. The fraction of sp³-hybridized carbons (Fsp3) is 0.300. The van der Waals surface area contributed by atoms with Gasteiger partial charge in [-0.15, -0.1) is 0 Å². The van der Waals surface area contributed by atoms with Gasteiger partial charge >= 0.3 is 0 Å². The van der Waals surface area contributed by atoms with E-state index in [4.69, 9.17) is 4.99 Å². The molecule has 0 saturated heterocycles. The maximum atomic E-state index is 12.0. The Morgan fingerprint density at radius 1 is 0.909 bits per heavy atom. The van der Waals surface area contributed by atoms with Crippen molar-refractivity contribution in [1.82, 2.24) is 0 Å². The van der Waals surface area contributed by atoms with Gasteiger partial charge in [-0.1, -0.05) is 60.7 Å². The molecule has 2 nitrogen and oxygen atoms in total. The Labute approximate surface area is 131 Å². The summed E-state index contributed by atoms with van der Waals surface area (Å²) < 4.78 is 0. The van der Waals surface area contributed by atoms with Crippen LogP contribution in [0.25, 0.3) is 0 Å². The van der Waals surface area contributed by atoms with Crippen LogP contribution in [0.15, 0.2) is 65.7 Å². The van der Waals surface area contributed by atoms with E-state index in [0.717, 1.165) is 25.1 Å². The number of carbonyl (C=O) groups is 1. The topological polar surface area (TPSA) is 29.4 Å². The van der Waals surface area contributed by atoms with Gasteiger partial charge in [0, 0.05) is 25.1 Å². The number of rotatable bonds is 4. The summed E-state index contributed by atoms with van der Waals surface area (Å²) in [5, 5.41) is 0. The molecule has 1 fully saturated rings. The average molecular weight is 291 g/mol. The van der Waals surface area contributed by atoms with Gasteiger partial charge in [0.2, 0.25) is 0 Å². The maximum Gasteiger partial charge on any atom is 0.139 e. The molecule has 22 heavy (non-hydrogen) atoms. The van der Waals surface area contributed by atoms with Gasteiger partial charge in [0.25, 0.3) is 0 Å². The summed E-state index contributed by atoms with van der Waals surface area (Å²) in [5.41, 5.74) is 3.63. The van der Waals surface area contributed by atoms with Crippen LogP contribution in [-0.4, -0.2) is 18.0 Å². The van der Waals surface area contributed by atoms with Crippen LogP contribution in [0.1, 0.15) is 36.3 Å². The van der Waals surface area contributed by atoms with Gasteiger partial charge in [-0.3, -0.25) is 9.79 Å². The molecule has 2 aromatic carbocycles. The molecule has 2 heteroatoms. The maximum absolute atomic E-state index is 12.0. The lowest BCUT2D eigenvalue weighted by Gasteiger charge is -2.23. The van der Waals surface area contributed by atoms with E-state index in [1.165, 1.54) is 11.1 Å². The van der Waals surface area contributed by atoms with Crippen LogP contribution in [0.5, 0.6) is 0 Å². The second-order valence-electron chi connectivity index (χ2n) is 5.91. The van der Waals surface area contributed by atoms with Crippen molar-refractivity contribution in [2.24, 2.45) is 4.99 Å². The van der Waals surface area contributed by atoms with Gasteiger partial charge in [-0.2, -0.15) is 0 Å². The van der Waals surface area contributed by atoms with E-state index >= 15 is 0 Å². The highest BCUT2D eigenvalue weighted by molar-refractivity contribution is 6.05. The van der Waals surface area contributed by atoms with Crippen LogP contribution in [0.4, 0.5) is 0 Å². The number of ketones is 1. The molecule has 0 aliphatic heterocycles. The van der Waals surface area contributed by atoms with E-state index in [9.17, 15) is 4.79 Å². The lowest BCUT2D eigenvalue weighted by atomic mass is 9.82. The number of nitrogens with zero attached hydrogens (tertiary/aromatic N) is 1. The second-order valence-corrected chi connectivity index (χ2v) is 5.91. The highest BCUT2D eigenvalue weighted by atomic mass is 16.1. The van der Waals surface area contributed by atoms with Crippen molar-refractivity contribution in [2.75, 3.05) is 6.54 Å². The van der Waals surface area contributed by atoms with Crippen molar-refractivity contribution in [3.63, 3.8) is 0 Å². The average Bonchev–Trinajstić information content (AvgIpc) is 2.56. The predicted molar refractivity (Wildman–Crippen MR) is 90.5 cm³/mol. The van der Waals surface area contributed by atoms with Crippen molar-refractivity contribution < 1.29 is 4.79 Å². The minimum atomic E-state index is 0.304. The Morgan fingerprint density at radius 2 is 1.59 bits per heavy atom. The summed E-state index contributed by atoms with van der Waals surface area (Å²) in [6.07, 6.45) is 3.05. The number of carbonyl (C=O) groups excluding carboxylic acids is 1. The zero-order chi connectivity index (χ0) is 15.2. The molecule has 0 bridgehead atoms. The second kappa shape index (κ2) is 7.17. The number of hydrogen-bond donors (Lipinski definition) is 0. The standard InChI is InChI=1S/C20H21NO/c22-20-14-18(17-9-5-2-6-10-17)13-19(15-20)21-12-11-16-7-3-1-4-8-16/h1-10,18H,11-15H2/t18-/m0/s1. The first-order valence-electron chi connectivity index (χ1n) is 7.94. The van der Waals surface area contributed by atoms with E-state index in [1.807, 2.05) is 24.3 Å². The molecule has 0 N–H and O–H groups in total. The zero-order valence-corrected chi connectivity index (χ0v) is 12.7. The quantitative estimate of drug-likeness (QED) is 0.830. The van der Waals surface area contributed by atoms with Crippen LogP contribution in [0.3, 0.4) is 0 Å². The van der Waals surface area contributed by atoms with Crippen LogP contribution < -0.4 is 0 Å². The number of Topliss-reactive ketones (excluding diaryl/α,β-unsaturated/α-hetero) is 1. The van der Waals surface area contributed by atoms with Crippen LogP contribution >= 0.6 is 0 Å².